The van der Waals surface area contributed by atoms with E-state index in [0.29, 0.717) is 4.80 Å². The summed E-state index contributed by atoms with van der Waals surface area (Å²) < 4.78 is 7.69. The average Bonchev–Trinajstić information content (AvgIpc) is 2.92. The van der Waals surface area contributed by atoms with Crippen LogP contribution in [0, 0.1) is 19.8 Å². The van der Waals surface area contributed by atoms with Crippen LogP contribution in [0.1, 0.15) is 50.7 Å². The van der Waals surface area contributed by atoms with Crippen LogP contribution in [0.15, 0.2) is 17.1 Å². The highest BCUT2D eigenvalue weighted by molar-refractivity contribution is 7.16. The molecule has 1 aromatic heterocycles. The molecule has 5 nitrogen and oxygen atoms in total. The second-order valence-electron chi connectivity index (χ2n) is 6.70. The zero-order valence-electron chi connectivity index (χ0n) is 16.3. The van der Waals surface area contributed by atoms with Crippen molar-refractivity contribution in [3.63, 3.8) is 0 Å². The van der Waals surface area contributed by atoms with E-state index >= 15 is 0 Å². The van der Waals surface area contributed by atoms with Gasteiger partial charge in [0.2, 0.25) is 0 Å². The Morgan fingerprint density at radius 2 is 1.85 bits per heavy atom. The predicted molar refractivity (Wildman–Crippen MR) is 105 cm³/mol. The van der Waals surface area contributed by atoms with Crippen molar-refractivity contribution in [3.05, 3.63) is 28.1 Å². The van der Waals surface area contributed by atoms with Gasteiger partial charge < -0.3 is 9.30 Å². The lowest BCUT2D eigenvalue weighted by atomic mass is 9.98. The van der Waals surface area contributed by atoms with Gasteiger partial charge in [0.1, 0.15) is 6.54 Å². The molecule has 0 aliphatic rings. The van der Waals surface area contributed by atoms with Crippen molar-refractivity contribution in [2.24, 2.45) is 10.9 Å². The third kappa shape index (κ3) is 4.61. The molecule has 0 saturated carbocycles. The van der Waals surface area contributed by atoms with E-state index in [1.807, 2.05) is 19.9 Å². The third-order valence-corrected chi connectivity index (χ3v) is 5.69. The second-order valence-corrected chi connectivity index (χ2v) is 7.68. The highest BCUT2D eigenvalue weighted by atomic mass is 32.1. The van der Waals surface area contributed by atoms with Gasteiger partial charge in [-0.15, -0.1) is 0 Å². The first-order chi connectivity index (χ1) is 12.4. The summed E-state index contributed by atoms with van der Waals surface area (Å²) in [5.74, 6) is -0.491. The van der Waals surface area contributed by atoms with E-state index in [1.165, 1.54) is 18.4 Å². The standard InChI is InChI=1S/C20H28N2O3S/c1-6-8-15(9-7-2)19(24)21-20-22(12-17(23)25-5)16-11-13(3)10-14(4)18(16)26-20/h10-11,15H,6-9,12H2,1-5H3. The molecular formula is C20H28N2O3S. The fourth-order valence-electron chi connectivity index (χ4n) is 3.22. The maximum absolute atomic E-state index is 12.7. The van der Waals surface area contributed by atoms with Crippen LogP contribution in [0.5, 0.6) is 0 Å². The van der Waals surface area contributed by atoms with Crippen LogP contribution in [0.3, 0.4) is 0 Å². The molecule has 26 heavy (non-hydrogen) atoms. The van der Waals surface area contributed by atoms with Gasteiger partial charge in [0.05, 0.1) is 17.3 Å². The Morgan fingerprint density at radius 3 is 2.42 bits per heavy atom. The fraction of sp³-hybridized carbons (Fsp3) is 0.550. The number of hydrogen-bond acceptors (Lipinski definition) is 4. The number of esters is 1. The van der Waals surface area contributed by atoms with Crippen LogP contribution in [0.2, 0.25) is 0 Å². The molecule has 0 aliphatic carbocycles. The highest BCUT2D eigenvalue weighted by Crippen LogP contribution is 2.24. The number of rotatable bonds is 7. The van der Waals surface area contributed by atoms with E-state index in [0.717, 1.165) is 47.0 Å². The van der Waals surface area contributed by atoms with Gasteiger partial charge in [-0.05, 0) is 43.9 Å². The van der Waals surface area contributed by atoms with E-state index in [2.05, 4.69) is 24.9 Å². The molecule has 6 heteroatoms. The molecule has 0 atom stereocenters. The topological polar surface area (TPSA) is 60.7 Å². The van der Waals surface area contributed by atoms with Crippen LogP contribution >= 0.6 is 11.3 Å². The number of carbonyl (C=O) groups excluding carboxylic acids is 2. The Morgan fingerprint density at radius 1 is 1.19 bits per heavy atom. The van der Waals surface area contributed by atoms with Crippen molar-refractivity contribution in [2.75, 3.05) is 7.11 Å². The van der Waals surface area contributed by atoms with Gasteiger partial charge in [0.25, 0.3) is 5.91 Å². The Balaban J connectivity index is 2.60. The van der Waals surface area contributed by atoms with Crippen molar-refractivity contribution in [1.29, 1.82) is 0 Å². The summed E-state index contributed by atoms with van der Waals surface area (Å²) in [4.78, 5) is 29.6. The Kier molecular flexibility index (Phi) is 7.14. The molecule has 0 fully saturated rings. The number of methoxy groups -OCH3 is 1. The first-order valence-corrected chi connectivity index (χ1v) is 9.98. The van der Waals surface area contributed by atoms with E-state index in [9.17, 15) is 9.59 Å². The summed E-state index contributed by atoms with van der Waals surface area (Å²) in [5, 5.41) is 0. The zero-order valence-corrected chi connectivity index (χ0v) is 17.1. The molecule has 0 radical (unpaired) electrons. The molecule has 1 amide bonds. The molecule has 1 heterocycles. The van der Waals surface area contributed by atoms with E-state index in [-0.39, 0.29) is 24.3 Å². The number of amides is 1. The SMILES string of the molecule is CCCC(CCC)C(=O)N=c1sc2c(C)cc(C)cc2n1CC(=O)OC. The largest absolute Gasteiger partial charge is 0.468 e. The number of aryl methyl sites for hydroxylation is 2. The number of nitrogens with zero attached hydrogens (tertiary/aromatic N) is 2. The minimum absolute atomic E-state index is 0.0513. The summed E-state index contributed by atoms with van der Waals surface area (Å²) in [6, 6.07) is 4.13. The van der Waals surface area contributed by atoms with Crippen molar-refractivity contribution in [3.8, 4) is 0 Å². The van der Waals surface area contributed by atoms with Gasteiger partial charge >= 0.3 is 5.97 Å². The van der Waals surface area contributed by atoms with Crippen molar-refractivity contribution in [1.82, 2.24) is 4.57 Å². The molecule has 0 saturated heterocycles. The number of benzene rings is 1. The van der Waals surface area contributed by atoms with Crippen LogP contribution in [0.25, 0.3) is 10.2 Å². The fourth-order valence-corrected chi connectivity index (χ4v) is 4.30. The number of fused-ring (bicyclic) bond motifs is 1. The molecule has 1 aromatic carbocycles. The number of carbonyl (C=O) groups is 2. The van der Waals surface area contributed by atoms with E-state index in [4.69, 9.17) is 4.74 Å². The Labute approximate surface area is 158 Å². The van der Waals surface area contributed by atoms with Crippen LogP contribution in [-0.2, 0) is 20.9 Å². The predicted octanol–water partition coefficient (Wildman–Crippen LogP) is 4.14. The first-order valence-electron chi connectivity index (χ1n) is 9.17. The maximum atomic E-state index is 12.7. The summed E-state index contributed by atoms with van der Waals surface area (Å²) in [6.45, 7) is 8.28. The summed E-state index contributed by atoms with van der Waals surface area (Å²) in [5.41, 5.74) is 3.15. The number of aromatic nitrogens is 1. The third-order valence-electron chi connectivity index (χ3n) is 4.46. The summed E-state index contributed by atoms with van der Waals surface area (Å²) in [6.07, 6.45) is 3.60. The zero-order chi connectivity index (χ0) is 19.3. The van der Waals surface area contributed by atoms with Crippen LogP contribution < -0.4 is 4.80 Å². The normalized spacial score (nSPS) is 12.2. The van der Waals surface area contributed by atoms with Crippen molar-refractivity contribution < 1.29 is 14.3 Å². The maximum Gasteiger partial charge on any atom is 0.325 e. The molecule has 0 spiro atoms. The van der Waals surface area contributed by atoms with Crippen molar-refractivity contribution >= 4 is 33.4 Å². The summed E-state index contributed by atoms with van der Waals surface area (Å²) in [7, 11) is 1.37. The molecule has 0 bridgehead atoms. The van der Waals surface area contributed by atoms with Gasteiger partial charge in [-0.1, -0.05) is 44.1 Å². The molecule has 0 unspecified atom stereocenters. The highest BCUT2D eigenvalue weighted by Gasteiger charge is 2.18. The second kappa shape index (κ2) is 9.12. The average molecular weight is 377 g/mol. The Bertz CT molecular complexity index is 858. The molecule has 2 aromatic rings. The van der Waals surface area contributed by atoms with Crippen LogP contribution in [-0.4, -0.2) is 23.6 Å². The molecular weight excluding hydrogens is 348 g/mol. The number of ether oxygens (including phenoxy) is 1. The lowest BCUT2D eigenvalue weighted by molar-refractivity contribution is -0.141. The quantitative estimate of drug-likeness (QED) is 0.683. The first kappa shape index (κ1) is 20.4. The molecule has 142 valence electrons. The van der Waals surface area contributed by atoms with Crippen molar-refractivity contribution in [2.45, 2.75) is 59.9 Å². The lowest BCUT2D eigenvalue weighted by Gasteiger charge is -2.10. The monoisotopic (exact) mass is 376 g/mol. The van der Waals surface area contributed by atoms with Crippen LogP contribution in [0.4, 0.5) is 0 Å². The number of hydrogen-bond donors (Lipinski definition) is 0. The smallest absolute Gasteiger partial charge is 0.325 e. The van der Waals surface area contributed by atoms with Gasteiger partial charge in [-0.25, -0.2) is 0 Å². The summed E-state index contributed by atoms with van der Waals surface area (Å²) >= 11 is 1.46. The van der Waals surface area contributed by atoms with E-state index in [1.54, 1.807) is 4.57 Å². The molecule has 2 rings (SSSR count). The number of thiazole rings is 1. The minimum atomic E-state index is -0.351. The molecule has 0 aliphatic heterocycles. The van der Waals surface area contributed by atoms with Gasteiger partial charge in [-0.2, -0.15) is 4.99 Å². The lowest BCUT2D eigenvalue weighted by Crippen LogP contribution is -2.24. The molecule has 0 N–H and O–H groups in total. The van der Waals surface area contributed by atoms with Gasteiger partial charge in [0.15, 0.2) is 4.80 Å². The van der Waals surface area contributed by atoms with Gasteiger partial charge in [-0.3, -0.25) is 9.59 Å². The van der Waals surface area contributed by atoms with E-state index < -0.39 is 0 Å². The Hall–Kier alpha value is -1.95. The van der Waals surface area contributed by atoms with Gasteiger partial charge in [0, 0.05) is 5.92 Å². The minimum Gasteiger partial charge on any atom is -0.468 e.